The number of hydrogen-bond acceptors (Lipinski definition) is 4. The Balaban J connectivity index is 2.96. The normalized spacial score (nSPS) is 10.7. The zero-order valence-electron chi connectivity index (χ0n) is 13.3. The summed E-state index contributed by atoms with van der Waals surface area (Å²) in [7, 11) is 3.08. The second-order valence-electron chi connectivity index (χ2n) is 5.21. The van der Waals surface area contributed by atoms with E-state index in [0.717, 1.165) is 12.8 Å². The van der Waals surface area contributed by atoms with Crippen LogP contribution in [0.15, 0.2) is 12.3 Å². The highest BCUT2D eigenvalue weighted by molar-refractivity contribution is 5.95. The summed E-state index contributed by atoms with van der Waals surface area (Å²) in [5.74, 6) is -0.265. The van der Waals surface area contributed by atoms with E-state index in [1.54, 1.807) is 23.9 Å². The van der Waals surface area contributed by atoms with E-state index < -0.39 is 5.97 Å². The number of aromatic nitrogens is 1. The van der Waals surface area contributed by atoms with Crippen molar-refractivity contribution in [2.75, 3.05) is 25.9 Å². The molecule has 1 aromatic rings. The fraction of sp³-hybridized carbons (Fsp3) is 0.600. The number of carbonyl (C=O) groups is 2. The van der Waals surface area contributed by atoms with Gasteiger partial charge in [0, 0.05) is 19.8 Å². The molecule has 118 valence electrons. The van der Waals surface area contributed by atoms with E-state index in [1.165, 1.54) is 12.0 Å². The first-order chi connectivity index (χ1) is 9.92. The van der Waals surface area contributed by atoms with Gasteiger partial charge in [0.2, 0.25) is 0 Å². The number of carbonyl (C=O) groups excluding carboxylic acids is 2. The maximum Gasteiger partial charge on any atom is 0.325 e. The Hall–Kier alpha value is -1.98. The Morgan fingerprint density at radius 1 is 1.38 bits per heavy atom. The van der Waals surface area contributed by atoms with Crippen LogP contribution in [-0.4, -0.2) is 41.5 Å². The monoisotopic (exact) mass is 295 g/mol. The molecule has 1 aromatic heterocycles. The summed E-state index contributed by atoms with van der Waals surface area (Å²) in [6.07, 6.45) is 3.59. The van der Waals surface area contributed by atoms with E-state index in [-0.39, 0.29) is 12.5 Å². The van der Waals surface area contributed by atoms with Crippen LogP contribution in [0.5, 0.6) is 0 Å². The number of hydrogen-bond donors (Lipinski definition) is 1. The lowest BCUT2D eigenvalue weighted by atomic mass is 10.0. The van der Waals surface area contributed by atoms with E-state index >= 15 is 0 Å². The number of nitrogens with two attached hydrogens (primary N) is 1. The first-order valence-electron chi connectivity index (χ1n) is 7.20. The highest BCUT2D eigenvalue weighted by Gasteiger charge is 2.23. The van der Waals surface area contributed by atoms with Crippen LogP contribution in [0.3, 0.4) is 0 Å². The lowest BCUT2D eigenvalue weighted by Crippen LogP contribution is -2.40. The minimum absolute atomic E-state index is 0.0447. The van der Waals surface area contributed by atoms with Gasteiger partial charge in [0.25, 0.3) is 5.91 Å². The number of anilines is 1. The van der Waals surface area contributed by atoms with Gasteiger partial charge in [0.05, 0.1) is 12.8 Å². The highest BCUT2D eigenvalue weighted by Crippen LogP contribution is 2.15. The predicted molar refractivity (Wildman–Crippen MR) is 81.8 cm³/mol. The van der Waals surface area contributed by atoms with Crippen molar-refractivity contribution in [3.05, 3.63) is 18.0 Å². The van der Waals surface area contributed by atoms with Crippen LogP contribution in [0.1, 0.15) is 37.2 Å². The van der Waals surface area contributed by atoms with Crippen LogP contribution in [-0.2, 0) is 16.6 Å². The molecule has 0 aliphatic rings. The molecular weight excluding hydrogens is 270 g/mol. The molecule has 6 heteroatoms. The van der Waals surface area contributed by atoms with E-state index in [4.69, 9.17) is 5.73 Å². The summed E-state index contributed by atoms with van der Waals surface area (Å²) >= 11 is 0. The maximum atomic E-state index is 12.6. The summed E-state index contributed by atoms with van der Waals surface area (Å²) in [6.45, 7) is 4.65. The fourth-order valence-corrected chi connectivity index (χ4v) is 2.26. The van der Waals surface area contributed by atoms with Crippen molar-refractivity contribution in [2.24, 2.45) is 13.0 Å². The van der Waals surface area contributed by atoms with E-state index in [0.29, 0.717) is 23.8 Å². The van der Waals surface area contributed by atoms with Gasteiger partial charge in [0.15, 0.2) is 0 Å². The van der Waals surface area contributed by atoms with E-state index in [2.05, 4.69) is 18.6 Å². The van der Waals surface area contributed by atoms with Crippen LogP contribution in [0.4, 0.5) is 5.69 Å². The van der Waals surface area contributed by atoms with Crippen molar-refractivity contribution in [1.82, 2.24) is 9.47 Å². The molecule has 0 atom stereocenters. The molecule has 0 saturated heterocycles. The third-order valence-corrected chi connectivity index (χ3v) is 3.71. The summed E-state index contributed by atoms with van der Waals surface area (Å²) < 4.78 is 6.36. The molecule has 1 rings (SSSR count). The Morgan fingerprint density at radius 2 is 2.00 bits per heavy atom. The van der Waals surface area contributed by atoms with Crippen LogP contribution >= 0.6 is 0 Å². The van der Waals surface area contributed by atoms with Gasteiger partial charge in [-0.05, 0) is 12.0 Å². The topological polar surface area (TPSA) is 77.6 Å². The molecule has 0 aliphatic carbocycles. The number of esters is 1. The van der Waals surface area contributed by atoms with Crippen LogP contribution in [0, 0.1) is 5.92 Å². The summed E-state index contributed by atoms with van der Waals surface area (Å²) in [5.41, 5.74) is 6.72. The standard InChI is InChI=1S/C15H25N3O3/c1-5-11(6-2)8-18(10-14(19)21-4)15(20)13-7-12(16)9-17(13)3/h7,9,11H,5-6,8,10,16H2,1-4H3. The number of amides is 1. The molecule has 0 unspecified atom stereocenters. The number of nitrogen functional groups attached to an aromatic ring is 1. The third kappa shape index (κ3) is 4.51. The van der Waals surface area contributed by atoms with Gasteiger partial charge < -0.3 is 19.9 Å². The molecule has 0 spiro atoms. The quantitative estimate of drug-likeness (QED) is 0.776. The number of rotatable bonds is 7. The maximum absolute atomic E-state index is 12.6. The Labute approximate surface area is 125 Å². The molecule has 6 nitrogen and oxygen atoms in total. The van der Waals surface area contributed by atoms with E-state index in [1.807, 2.05) is 0 Å². The van der Waals surface area contributed by atoms with Gasteiger partial charge in [-0.2, -0.15) is 0 Å². The Morgan fingerprint density at radius 3 is 2.43 bits per heavy atom. The Kier molecular flexibility index (Phi) is 6.27. The molecule has 0 fully saturated rings. The van der Waals surface area contributed by atoms with Crippen molar-refractivity contribution >= 4 is 17.6 Å². The molecule has 1 heterocycles. The minimum atomic E-state index is -0.420. The van der Waals surface area contributed by atoms with Gasteiger partial charge in [-0.15, -0.1) is 0 Å². The smallest absolute Gasteiger partial charge is 0.325 e. The number of nitrogens with zero attached hydrogens (tertiary/aromatic N) is 2. The first-order valence-corrected chi connectivity index (χ1v) is 7.20. The second kappa shape index (κ2) is 7.71. The molecule has 2 N–H and O–H groups in total. The van der Waals surface area contributed by atoms with Crippen LogP contribution in [0.2, 0.25) is 0 Å². The lowest BCUT2D eigenvalue weighted by Gasteiger charge is -2.25. The molecule has 0 aliphatic heterocycles. The van der Waals surface area contributed by atoms with Gasteiger partial charge in [0.1, 0.15) is 12.2 Å². The summed E-state index contributed by atoms with van der Waals surface area (Å²) in [6, 6.07) is 1.62. The van der Waals surface area contributed by atoms with Crippen LogP contribution < -0.4 is 5.73 Å². The van der Waals surface area contributed by atoms with Gasteiger partial charge in [-0.25, -0.2) is 0 Å². The van der Waals surface area contributed by atoms with Crippen molar-refractivity contribution in [1.29, 1.82) is 0 Å². The molecule has 0 saturated carbocycles. The fourth-order valence-electron chi connectivity index (χ4n) is 2.26. The average Bonchev–Trinajstić information content (AvgIpc) is 2.81. The zero-order valence-corrected chi connectivity index (χ0v) is 13.3. The van der Waals surface area contributed by atoms with Crippen molar-refractivity contribution < 1.29 is 14.3 Å². The van der Waals surface area contributed by atoms with Crippen LogP contribution in [0.25, 0.3) is 0 Å². The number of methoxy groups -OCH3 is 1. The highest BCUT2D eigenvalue weighted by atomic mass is 16.5. The first kappa shape index (κ1) is 17.1. The molecular formula is C15H25N3O3. The van der Waals surface area contributed by atoms with Gasteiger partial charge in [-0.3, -0.25) is 9.59 Å². The Bertz CT molecular complexity index is 492. The number of aryl methyl sites for hydroxylation is 1. The van der Waals surface area contributed by atoms with Gasteiger partial charge in [-0.1, -0.05) is 26.7 Å². The van der Waals surface area contributed by atoms with Gasteiger partial charge >= 0.3 is 5.97 Å². The number of ether oxygens (including phenoxy) is 1. The molecule has 21 heavy (non-hydrogen) atoms. The largest absolute Gasteiger partial charge is 0.468 e. The zero-order chi connectivity index (χ0) is 16.0. The van der Waals surface area contributed by atoms with Crippen molar-refractivity contribution in [3.63, 3.8) is 0 Å². The SMILES string of the molecule is CCC(CC)CN(CC(=O)OC)C(=O)c1cc(N)cn1C. The summed E-state index contributed by atoms with van der Waals surface area (Å²) in [4.78, 5) is 25.7. The third-order valence-electron chi connectivity index (χ3n) is 3.71. The van der Waals surface area contributed by atoms with Crippen molar-refractivity contribution in [3.8, 4) is 0 Å². The predicted octanol–water partition coefficient (Wildman–Crippen LogP) is 1.66. The summed E-state index contributed by atoms with van der Waals surface area (Å²) in [5, 5.41) is 0. The van der Waals surface area contributed by atoms with E-state index in [9.17, 15) is 9.59 Å². The molecule has 1 amide bonds. The van der Waals surface area contributed by atoms with Crippen molar-refractivity contribution in [2.45, 2.75) is 26.7 Å². The average molecular weight is 295 g/mol. The second-order valence-corrected chi connectivity index (χ2v) is 5.21. The molecule has 0 radical (unpaired) electrons. The molecule has 0 aromatic carbocycles. The molecule has 0 bridgehead atoms. The minimum Gasteiger partial charge on any atom is -0.468 e. The lowest BCUT2D eigenvalue weighted by molar-refractivity contribution is -0.141.